The fraction of sp³-hybridized carbons (Fsp3) is 0.118. The minimum Gasteiger partial charge on any atom is -0.335 e. The molecule has 1 amide bonds. The number of hydrogen-bond acceptors (Lipinski definition) is 4. The molecule has 128 valence electrons. The zero-order valence-corrected chi connectivity index (χ0v) is 15.5. The van der Waals surface area contributed by atoms with Crippen molar-refractivity contribution in [3.8, 4) is 0 Å². The molecular formula is C17H13Cl2N3O2S. The Bertz CT molecular complexity index is 1030. The van der Waals surface area contributed by atoms with Gasteiger partial charge in [-0.1, -0.05) is 29.3 Å². The zero-order chi connectivity index (χ0) is 18.0. The average Bonchev–Trinajstić information content (AvgIpc) is 3.04. The summed E-state index contributed by atoms with van der Waals surface area (Å²) in [6.45, 7) is 0.200. The summed E-state index contributed by atoms with van der Waals surface area (Å²) in [6.07, 6.45) is 3.08. The minimum atomic E-state index is -0.223. The van der Waals surface area contributed by atoms with Gasteiger partial charge in [0.15, 0.2) is 0 Å². The van der Waals surface area contributed by atoms with Crippen molar-refractivity contribution in [3.63, 3.8) is 0 Å². The van der Waals surface area contributed by atoms with E-state index in [1.165, 1.54) is 22.3 Å². The van der Waals surface area contributed by atoms with Gasteiger partial charge in [0, 0.05) is 13.1 Å². The maximum Gasteiger partial charge on any atom is 0.268 e. The summed E-state index contributed by atoms with van der Waals surface area (Å²) in [6, 6.07) is 6.89. The minimum absolute atomic E-state index is 0.192. The Morgan fingerprint density at radius 1 is 1.32 bits per heavy atom. The van der Waals surface area contributed by atoms with Crippen molar-refractivity contribution in [1.82, 2.24) is 14.9 Å². The van der Waals surface area contributed by atoms with Crippen LogP contribution >= 0.6 is 34.5 Å². The summed E-state index contributed by atoms with van der Waals surface area (Å²) in [5.41, 5.74) is 1.21. The van der Waals surface area contributed by atoms with Gasteiger partial charge >= 0.3 is 0 Å². The molecule has 3 rings (SSSR count). The number of fused-ring (bicyclic) bond motifs is 1. The van der Waals surface area contributed by atoms with Crippen LogP contribution in [0.1, 0.15) is 11.4 Å². The van der Waals surface area contributed by atoms with Crippen molar-refractivity contribution >= 4 is 56.7 Å². The van der Waals surface area contributed by atoms with Crippen molar-refractivity contribution in [1.29, 1.82) is 0 Å². The number of amides is 1. The molecule has 0 fully saturated rings. The molecule has 0 aliphatic heterocycles. The second-order valence-corrected chi connectivity index (χ2v) is 7.08. The van der Waals surface area contributed by atoms with Gasteiger partial charge in [-0.15, -0.1) is 11.3 Å². The molecule has 1 N–H and O–H groups in total. The topological polar surface area (TPSA) is 66.1 Å². The number of benzene rings is 1. The van der Waals surface area contributed by atoms with Crippen molar-refractivity contribution in [2.75, 3.05) is 7.05 Å². The number of aromatic nitrogens is 2. The van der Waals surface area contributed by atoms with Gasteiger partial charge in [-0.25, -0.2) is 4.98 Å². The first-order chi connectivity index (χ1) is 11.9. The van der Waals surface area contributed by atoms with Crippen LogP contribution in [0, 0.1) is 0 Å². The molecule has 2 aromatic heterocycles. The lowest BCUT2D eigenvalue weighted by Gasteiger charge is -2.14. The molecule has 3 aromatic rings. The largest absolute Gasteiger partial charge is 0.335 e. The molecule has 5 nitrogen and oxygen atoms in total. The van der Waals surface area contributed by atoms with Gasteiger partial charge < -0.3 is 9.88 Å². The molecule has 0 radical (unpaired) electrons. The average molecular weight is 394 g/mol. The summed E-state index contributed by atoms with van der Waals surface area (Å²) >= 11 is 13.2. The Hall–Kier alpha value is -2.15. The van der Waals surface area contributed by atoms with E-state index in [-0.39, 0.29) is 18.0 Å². The van der Waals surface area contributed by atoms with Gasteiger partial charge in [0.1, 0.15) is 10.5 Å². The van der Waals surface area contributed by atoms with Crippen molar-refractivity contribution in [3.05, 3.63) is 67.5 Å². The highest BCUT2D eigenvalue weighted by atomic mass is 35.5. The normalized spacial score (nSPS) is 11.3. The summed E-state index contributed by atoms with van der Waals surface area (Å²) < 4.78 is 0.581. The highest BCUT2D eigenvalue weighted by Gasteiger charge is 2.10. The zero-order valence-electron chi connectivity index (χ0n) is 13.1. The fourth-order valence-electron chi connectivity index (χ4n) is 2.21. The van der Waals surface area contributed by atoms with Gasteiger partial charge in [0.25, 0.3) is 5.56 Å². The second kappa shape index (κ2) is 7.39. The van der Waals surface area contributed by atoms with Gasteiger partial charge in [0.05, 0.1) is 22.1 Å². The van der Waals surface area contributed by atoms with Crippen LogP contribution < -0.4 is 5.56 Å². The lowest BCUT2D eigenvalue weighted by atomic mass is 10.2. The van der Waals surface area contributed by atoms with E-state index >= 15 is 0 Å². The molecule has 0 aliphatic rings. The van der Waals surface area contributed by atoms with Gasteiger partial charge in [-0.2, -0.15) is 0 Å². The fourth-order valence-corrected chi connectivity index (χ4v) is 3.24. The summed E-state index contributed by atoms with van der Waals surface area (Å²) in [5.74, 6) is 0.217. The predicted molar refractivity (Wildman–Crippen MR) is 102 cm³/mol. The molecule has 0 bridgehead atoms. The summed E-state index contributed by atoms with van der Waals surface area (Å²) in [5, 5.41) is 2.70. The van der Waals surface area contributed by atoms with E-state index in [4.69, 9.17) is 23.2 Å². The number of rotatable bonds is 4. The van der Waals surface area contributed by atoms with Crippen LogP contribution in [0.2, 0.25) is 10.0 Å². The van der Waals surface area contributed by atoms with Crippen LogP contribution in [0.5, 0.6) is 0 Å². The number of nitrogens with one attached hydrogen (secondary N) is 1. The number of carbonyl (C=O) groups excluding carboxylic acids is 1. The third kappa shape index (κ3) is 4.10. The van der Waals surface area contributed by atoms with E-state index in [9.17, 15) is 9.59 Å². The van der Waals surface area contributed by atoms with Crippen LogP contribution in [-0.2, 0) is 11.3 Å². The first kappa shape index (κ1) is 17.7. The number of nitrogens with zero attached hydrogens (tertiary/aromatic N) is 2. The number of likely N-dealkylation sites (N-methyl/N-ethyl adjacent to an activating group) is 1. The van der Waals surface area contributed by atoms with Gasteiger partial charge in [-0.3, -0.25) is 9.59 Å². The Morgan fingerprint density at radius 2 is 2.12 bits per heavy atom. The lowest BCUT2D eigenvalue weighted by molar-refractivity contribution is -0.125. The number of aromatic amines is 1. The standard InChI is InChI=1S/C17H13Cl2N3O2S/c1-22(9-14-20-13-6-7-25-16(13)17(24)21-14)15(23)5-3-10-2-4-11(18)12(19)8-10/h2-8H,9H2,1H3,(H,20,21,24)/b5-3+. The van der Waals surface area contributed by atoms with Crippen LogP contribution in [0.4, 0.5) is 0 Å². The van der Waals surface area contributed by atoms with Crippen molar-refractivity contribution < 1.29 is 4.79 Å². The molecule has 1 aromatic carbocycles. The molecule has 0 spiro atoms. The Balaban J connectivity index is 1.72. The van der Waals surface area contributed by atoms with E-state index in [0.717, 1.165) is 5.56 Å². The van der Waals surface area contributed by atoms with Gasteiger partial charge in [0.2, 0.25) is 5.91 Å². The Morgan fingerprint density at radius 3 is 2.88 bits per heavy atom. The first-order valence-electron chi connectivity index (χ1n) is 7.28. The molecule has 0 aliphatic carbocycles. The summed E-state index contributed by atoms with van der Waals surface area (Å²) in [4.78, 5) is 32.7. The molecule has 0 unspecified atom stereocenters. The highest BCUT2D eigenvalue weighted by Crippen LogP contribution is 2.23. The molecular weight excluding hydrogens is 381 g/mol. The first-order valence-corrected chi connectivity index (χ1v) is 8.92. The SMILES string of the molecule is CN(Cc1nc2ccsc2c(=O)[nH]1)C(=O)/C=C/c1ccc(Cl)c(Cl)c1. The molecule has 0 saturated carbocycles. The van der Waals surface area contributed by atoms with E-state index in [1.807, 2.05) is 5.38 Å². The highest BCUT2D eigenvalue weighted by molar-refractivity contribution is 7.17. The van der Waals surface area contributed by atoms with Crippen LogP contribution in [0.3, 0.4) is 0 Å². The van der Waals surface area contributed by atoms with Crippen LogP contribution in [-0.4, -0.2) is 27.8 Å². The monoisotopic (exact) mass is 393 g/mol. The number of H-pyrrole nitrogens is 1. The number of hydrogen-bond donors (Lipinski definition) is 1. The van der Waals surface area contributed by atoms with Crippen LogP contribution in [0.25, 0.3) is 16.3 Å². The van der Waals surface area contributed by atoms with E-state index < -0.39 is 0 Å². The van der Waals surface area contributed by atoms with Crippen LogP contribution in [0.15, 0.2) is 40.5 Å². The van der Waals surface area contributed by atoms with Crippen molar-refractivity contribution in [2.45, 2.75) is 6.54 Å². The van der Waals surface area contributed by atoms with Crippen molar-refractivity contribution in [2.24, 2.45) is 0 Å². The molecule has 0 atom stereocenters. The maximum absolute atomic E-state index is 12.2. The molecule has 8 heteroatoms. The molecule has 2 heterocycles. The predicted octanol–water partition coefficient (Wildman–Crippen LogP) is 3.96. The smallest absolute Gasteiger partial charge is 0.268 e. The third-order valence-electron chi connectivity index (χ3n) is 3.49. The van der Waals surface area contributed by atoms with Gasteiger partial charge in [-0.05, 0) is 35.2 Å². The van der Waals surface area contributed by atoms with E-state index in [2.05, 4.69) is 9.97 Å². The Kier molecular flexibility index (Phi) is 5.22. The molecule has 25 heavy (non-hydrogen) atoms. The third-order valence-corrected chi connectivity index (χ3v) is 5.13. The quantitative estimate of drug-likeness (QED) is 0.682. The lowest BCUT2D eigenvalue weighted by Crippen LogP contribution is -2.26. The molecule has 0 saturated heterocycles. The van der Waals surface area contributed by atoms with E-state index in [0.29, 0.717) is 26.1 Å². The van der Waals surface area contributed by atoms with E-state index in [1.54, 1.807) is 37.4 Å². The summed E-state index contributed by atoms with van der Waals surface area (Å²) in [7, 11) is 1.64. The Labute approximate surface area is 157 Å². The number of halogens is 2. The maximum atomic E-state index is 12.2. The second-order valence-electron chi connectivity index (χ2n) is 5.35. The number of carbonyl (C=O) groups is 1. The number of thiophene rings is 1.